The molecule has 7 unspecified atom stereocenters. The van der Waals surface area contributed by atoms with Crippen LogP contribution in [0.25, 0.3) is 0 Å². The molecule has 1 heterocycles. The van der Waals surface area contributed by atoms with Crippen LogP contribution in [0.3, 0.4) is 0 Å². The van der Waals surface area contributed by atoms with Gasteiger partial charge in [0, 0.05) is 6.42 Å². The van der Waals surface area contributed by atoms with E-state index in [-0.39, 0.29) is 18.9 Å². The van der Waals surface area contributed by atoms with Gasteiger partial charge in [-0.15, -0.1) is 0 Å². The first-order chi connectivity index (χ1) is 45.3. The van der Waals surface area contributed by atoms with Crippen molar-refractivity contribution >= 4 is 5.91 Å². The van der Waals surface area contributed by atoms with Crippen molar-refractivity contribution in [3.63, 3.8) is 0 Å². The van der Waals surface area contributed by atoms with E-state index in [2.05, 4.69) is 177 Å². The van der Waals surface area contributed by atoms with Gasteiger partial charge in [-0.05, 0) is 122 Å². The van der Waals surface area contributed by atoms with Gasteiger partial charge in [0.05, 0.1) is 25.4 Å². The molecule has 0 saturated carbocycles. The number of carbonyl (C=O) groups excluding carboxylic acids is 1. The maximum absolute atomic E-state index is 13.1. The topological polar surface area (TPSA) is 149 Å². The molecule has 0 aromatic heterocycles. The highest BCUT2D eigenvalue weighted by Crippen LogP contribution is 2.23. The van der Waals surface area contributed by atoms with Crippen LogP contribution in [0, 0.1) is 0 Å². The summed E-state index contributed by atoms with van der Waals surface area (Å²) in [6.07, 6.45) is 103. The van der Waals surface area contributed by atoms with E-state index in [1.807, 2.05) is 6.08 Å². The molecule has 1 rings (SSSR count). The lowest BCUT2D eigenvalue weighted by Gasteiger charge is -2.40. The van der Waals surface area contributed by atoms with E-state index in [1.165, 1.54) is 154 Å². The van der Waals surface area contributed by atoms with Crippen LogP contribution in [0.1, 0.15) is 290 Å². The minimum absolute atomic E-state index is 0.229. The predicted octanol–water partition coefficient (Wildman–Crippen LogP) is 21.2. The average Bonchev–Trinajstić information content (AvgIpc) is 1.45. The fourth-order valence-corrected chi connectivity index (χ4v) is 10.7. The molecule has 0 bridgehead atoms. The van der Waals surface area contributed by atoms with E-state index in [4.69, 9.17) is 9.47 Å². The van der Waals surface area contributed by atoms with E-state index in [0.717, 1.165) is 109 Å². The van der Waals surface area contributed by atoms with Gasteiger partial charge in [-0.3, -0.25) is 4.79 Å². The number of amides is 1. The summed E-state index contributed by atoms with van der Waals surface area (Å²) < 4.78 is 11.3. The molecular formula is C83H137NO8. The Morgan fingerprint density at radius 3 is 1.04 bits per heavy atom. The Balaban J connectivity index is 2.21. The molecule has 1 fully saturated rings. The number of allylic oxidation sites excluding steroid dienone is 27. The second-order valence-corrected chi connectivity index (χ2v) is 25.0. The molecule has 0 radical (unpaired) electrons. The number of hydrogen-bond acceptors (Lipinski definition) is 8. The molecule has 0 aromatic carbocycles. The number of aliphatic hydroxyl groups is 5. The highest BCUT2D eigenvalue weighted by Gasteiger charge is 2.44. The first-order valence-corrected chi connectivity index (χ1v) is 37.4. The quantitative estimate of drug-likeness (QED) is 0.0261. The van der Waals surface area contributed by atoms with Crippen molar-refractivity contribution in [2.75, 3.05) is 13.2 Å². The summed E-state index contributed by atoms with van der Waals surface area (Å²) in [5, 5.41) is 54.8. The summed E-state index contributed by atoms with van der Waals surface area (Å²) in [7, 11) is 0. The van der Waals surface area contributed by atoms with Crippen LogP contribution in [-0.2, 0) is 14.3 Å². The smallest absolute Gasteiger partial charge is 0.220 e. The van der Waals surface area contributed by atoms with E-state index < -0.39 is 49.5 Å². The van der Waals surface area contributed by atoms with E-state index in [0.29, 0.717) is 6.42 Å². The van der Waals surface area contributed by atoms with Crippen LogP contribution >= 0.6 is 0 Å². The van der Waals surface area contributed by atoms with Crippen LogP contribution in [0.15, 0.2) is 170 Å². The predicted molar refractivity (Wildman–Crippen MR) is 395 cm³/mol. The Kier molecular flexibility index (Phi) is 64.5. The van der Waals surface area contributed by atoms with Crippen LogP contribution in [0.2, 0.25) is 0 Å². The van der Waals surface area contributed by atoms with Crippen LogP contribution in [0.5, 0.6) is 0 Å². The fraction of sp³-hybridized carbons (Fsp3) is 0.651. The number of ether oxygens (including phenoxy) is 2. The van der Waals surface area contributed by atoms with E-state index in [1.54, 1.807) is 6.08 Å². The minimum atomic E-state index is -1.59. The normalized spacial score (nSPS) is 18.7. The molecule has 6 N–H and O–H groups in total. The average molecular weight is 1280 g/mol. The zero-order valence-electron chi connectivity index (χ0n) is 58.5. The van der Waals surface area contributed by atoms with Crippen molar-refractivity contribution in [1.82, 2.24) is 5.32 Å². The van der Waals surface area contributed by atoms with Crippen molar-refractivity contribution in [2.24, 2.45) is 0 Å². The molecule has 0 spiro atoms. The summed E-state index contributed by atoms with van der Waals surface area (Å²) >= 11 is 0. The van der Waals surface area contributed by atoms with Crippen molar-refractivity contribution in [1.29, 1.82) is 0 Å². The van der Waals surface area contributed by atoms with Crippen molar-refractivity contribution in [2.45, 2.75) is 333 Å². The highest BCUT2D eigenvalue weighted by molar-refractivity contribution is 5.76. The lowest BCUT2D eigenvalue weighted by molar-refractivity contribution is -0.302. The van der Waals surface area contributed by atoms with Crippen LogP contribution in [0.4, 0.5) is 0 Å². The van der Waals surface area contributed by atoms with Gasteiger partial charge in [0.15, 0.2) is 6.29 Å². The standard InChI is InChI=1S/C83H137NO8/c1-3-5-7-9-11-13-15-17-19-21-23-25-27-29-31-33-35-36-37-38-39-40-41-42-43-45-47-49-51-53-55-57-59-61-63-65-67-69-71-73-79(87)84-76(75-91-83-82(90)81(89)80(88)78(74-85)92-83)77(86)72-70-68-66-64-62-60-58-56-54-52-50-48-46-44-34-32-30-28-26-24-22-20-18-16-14-12-10-8-6-4-2/h5,7,11,13,17,19,23,25,29,31,35-36,38-39,41-42,45,47,51,53,57,59,62-65,70,72,76-78,80-83,85-86,88-90H,3-4,6,8-10,12,14-16,18,20-22,24,26-28,30,32-34,37,40,43-44,46,48-50,52,54-56,58,60-61,66-69,71,73-75H2,1-2H3,(H,84,87)/b7-5-,13-11-,19-17-,25-23-,31-29-,36-35-,39-38-,42-41-,47-45-,53-51-,59-57-,64-62+,65-63-,72-70+. The largest absolute Gasteiger partial charge is 0.394 e. The summed E-state index contributed by atoms with van der Waals surface area (Å²) in [5.41, 5.74) is 0. The Morgan fingerprint density at radius 2 is 0.685 bits per heavy atom. The number of hydrogen-bond donors (Lipinski definition) is 6. The second-order valence-electron chi connectivity index (χ2n) is 25.0. The molecule has 92 heavy (non-hydrogen) atoms. The Labute approximate surface area is 564 Å². The van der Waals surface area contributed by atoms with Gasteiger partial charge in [0.2, 0.25) is 5.91 Å². The number of carbonyl (C=O) groups is 1. The molecule has 9 nitrogen and oxygen atoms in total. The number of aliphatic hydroxyl groups excluding tert-OH is 5. The van der Waals surface area contributed by atoms with Gasteiger partial charge < -0.3 is 40.3 Å². The summed E-state index contributed by atoms with van der Waals surface area (Å²) in [6, 6.07) is -0.861. The van der Waals surface area contributed by atoms with Gasteiger partial charge in [-0.25, -0.2) is 0 Å². The lowest BCUT2D eigenvalue weighted by atomic mass is 9.99. The first kappa shape index (κ1) is 85.6. The van der Waals surface area contributed by atoms with Gasteiger partial charge in [0.25, 0.3) is 0 Å². The molecule has 522 valence electrons. The SMILES string of the molecule is CC/C=C\C/C=C\C/C=C\C/C=C\C/C=C\C/C=C\C/C=C\C/C=C\C/C=C\C/C=C\C/C=C\C/C=C\CCCCC(=O)NC(COC1OC(CO)C(O)C(O)C1O)C(O)/C=C/CC/C=C/CCCCCCCCCCCCCCCCCCCCCCCCCC. The van der Waals surface area contributed by atoms with Crippen molar-refractivity contribution < 1.29 is 39.8 Å². The van der Waals surface area contributed by atoms with Crippen LogP contribution < -0.4 is 5.32 Å². The Bertz CT molecular complexity index is 2070. The summed E-state index contributed by atoms with van der Waals surface area (Å²) in [4.78, 5) is 13.1. The molecule has 1 amide bonds. The van der Waals surface area contributed by atoms with E-state index >= 15 is 0 Å². The highest BCUT2D eigenvalue weighted by atomic mass is 16.7. The van der Waals surface area contributed by atoms with Gasteiger partial charge in [0.1, 0.15) is 24.4 Å². The zero-order chi connectivity index (χ0) is 66.4. The molecule has 1 saturated heterocycles. The third kappa shape index (κ3) is 57.0. The van der Waals surface area contributed by atoms with Crippen molar-refractivity contribution in [3.8, 4) is 0 Å². The van der Waals surface area contributed by atoms with Crippen molar-refractivity contribution in [3.05, 3.63) is 170 Å². The molecule has 0 aliphatic carbocycles. The number of nitrogens with one attached hydrogen (secondary N) is 1. The number of rotatable bonds is 63. The fourth-order valence-electron chi connectivity index (χ4n) is 10.7. The molecule has 7 atom stereocenters. The van der Waals surface area contributed by atoms with Gasteiger partial charge >= 0.3 is 0 Å². The minimum Gasteiger partial charge on any atom is -0.394 e. The maximum atomic E-state index is 13.1. The molecule has 0 aromatic rings. The lowest BCUT2D eigenvalue weighted by Crippen LogP contribution is -2.60. The third-order valence-electron chi connectivity index (χ3n) is 16.5. The summed E-state index contributed by atoms with van der Waals surface area (Å²) in [5.74, 6) is -0.233. The number of unbranched alkanes of at least 4 members (excludes halogenated alkanes) is 27. The first-order valence-electron chi connectivity index (χ1n) is 37.4. The maximum Gasteiger partial charge on any atom is 0.220 e. The van der Waals surface area contributed by atoms with Gasteiger partial charge in [-0.1, -0.05) is 332 Å². The molecule has 9 heteroatoms. The second kappa shape index (κ2) is 69.4. The zero-order valence-corrected chi connectivity index (χ0v) is 58.5. The molecular weight excluding hydrogens is 1140 g/mol. The molecule has 1 aliphatic heterocycles. The molecule has 1 aliphatic rings. The van der Waals surface area contributed by atoms with E-state index in [9.17, 15) is 30.3 Å². The Morgan fingerprint density at radius 1 is 0.380 bits per heavy atom. The third-order valence-corrected chi connectivity index (χ3v) is 16.5. The monoisotopic (exact) mass is 1280 g/mol. The summed E-state index contributed by atoms with van der Waals surface area (Å²) in [6.45, 7) is 3.64. The van der Waals surface area contributed by atoms with Gasteiger partial charge in [-0.2, -0.15) is 0 Å². The Hall–Kier alpha value is -4.45. The van der Waals surface area contributed by atoms with Crippen LogP contribution in [-0.4, -0.2) is 87.5 Å².